The fourth-order valence-corrected chi connectivity index (χ4v) is 7.08. The molecule has 1 aliphatic carbocycles. The molecule has 8 nitrogen and oxygen atoms in total. The molecule has 4 atom stereocenters. The van der Waals surface area contributed by atoms with Crippen LogP contribution in [0.15, 0.2) is 42.5 Å². The summed E-state index contributed by atoms with van der Waals surface area (Å²) in [7, 11) is 0. The Morgan fingerprint density at radius 1 is 0.650 bits per heavy atom. The Kier molecular flexibility index (Phi) is 6.77. The summed E-state index contributed by atoms with van der Waals surface area (Å²) >= 11 is 0. The summed E-state index contributed by atoms with van der Waals surface area (Å²) in [4.78, 5) is 32.3. The quantitative estimate of drug-likeness (QED) is 0.537. The number of ether oxygens (including phenoxy) is 4. The maximum absolute atomic E-state index is 14.2. The first-order chi connectivity index (χ1) is 19.7. The zero-order valence-corrected chi connectivity index (χ0v) is 22.8. The molecule has 7 rings (SSSR count). The molecule has 0 bridgehead atoms. The molecule has 8 heteroatoms. The molecule has 0 spiro atoms. The van der Waals surface area contributed by atoms with Crippen molar-refractivity contribution in [2.45, 2.75) is 44.4 Å². The third-order valence-corrected chi connectivity index (χ3v) is 9.20. The normalized spacial score (nSPS) is 27.1. The number of hydrogen-bond acceptors (Lipinski definition) is 6. The maximum atomic E-state index is 14.2. The smallest absolute Gasteiger partial charge is 0.231 e. The Labute approximate surface area is 234 Å². The third-order valence-electron chi connectivity index (χ3n) is 9.20. The van der Waals surface area contributed by atoms with E-state index >= 15 is 0 Å². The Morgan fingerprint density at radius 3 is 1.85 bits per heavy atom. The summed E-state index contributed by atoms with van der Waals surface area (Å²) in [5.74, 6) is 2.06. The van der Waals surface area contributed by atoms with Crippen LogP contribution in [0.25, 0.3) is 6.08 Å². The van der Waals surface area contributed by atoms with E-state index in [0.717, 1.165) is 93.1 Å². The SMILES string of the molecule is O=C([C@@H]1[C@@H](C(=O)N2CCCCC2)[C@H](/C=C/c2ccc3c(c2)OCO3)[C@H]1c1ccc2c(c1)OCO2)N1CCCCC1. The van der Waals surface area contributed by atoms with Crippen molar-refractivity contribution < 1.29 is 28.5 Å². The van der Waals surface area contributed by atoms with Crippen LogP contribution in [0.3, 0.4) is 0 Å². The Morgan fingerprint density at radius 2 is 1.20 bits per heavy atom. The average Bonchev–Trinajstić information content (AvgIpc) is 3.66. The summed E-state index contributed by atoms with van der Waals surface area (Å²) in [6, 6.07) is 11.8. The number of hydrogen-bond donors (Lipinski definition) is 0. The lowest BCUT2D eigenvalue weighted by atomic mass is 9.53. The lowest BCUT2D eigenvalue weighted by Gasteiger charge is -2.52. The highest BCUT2D eigenvalue weighted by Crippen LogP contribution is 2.56. The van der Waals surface area contributed by atoms with E-state index in [-0.39, 0.29) is 37.2 Å². The molecule has 5 aliphatic rings. The number of fused-ring (bicyclic) bond motifs is 2. The number of amides is 2. The first-order valence-electron chi connectivity index (χ1n) is 14.7. The van der Waals surface area contributed by atoms with Gasteiger partial charge in [-0.1, -0.05) is 24.3 Å². The second-order valence-electron chi connectivity index (χ2n) is 11.5. The first-order valence-corrected chi connectivity index (χ1v) is 14.7. The molecule has 3 fully saturated rings. The summed E-state index contributed by atoms with van der Waals surface area (Å²) in [6.45, 7) is 3.50. The molecule has 0 unspecified atom stereocenters. The van der Waals surface area contributed by atoms with Crippen LogP contribution in [0.4, 0.5) is 0 Å². The van der Waals surface area contributed by atoms with Gasteiger partial charge in [0.15, 0.2) is 23.0 Å². The number of benzene rings is 2. The van der Waals surface area contributed by atoms with Crippen LogP contribution in [0.1, 0.15) is 55.6 Å². The fourth-order valence-electron chi connectivity index (χ4n) is 7.08. The van der Waals surface area contributed by atoms with Gasteiger partial charge in [-0.25, -0.2) is 0 Å². The van der Waals surface area contributed by atoms with Gasteiger partial charge in [0.05, 0.1) is 11.8 Å². The molecule has 1 saturated carbocycles. The molecule has 2 amide bonds. The minimum absolute atomic E-state index is 0.116. The van der Waals surface area contributed by atoms with Crippen molar-refractivity contribution in [2.24, 2.45) is 17.8 Å². The highest BCUT2D eigenvalue weighted by atomic mass is 16.7. The topological polar surface area (TPSA) is 77.5 Å². The van der Waals surface area contributed by atoms with E-state index in [4.69, 9.17) is 18.9 Å². The monoisotopic (exact) mass is 544 g/mol. The molecule has 210 valence electrons. The number of carbonyl (C=O) groups is 2. The van der Waals surface area contributed by atoms with E-state index in [1.165, 1.54) is 0 Å². The van der Waals surface area contributed by atoms with Crippen LogP contribution in [0, 0.1) is 17.8 Å². The number of likely N-dealkylation sites (tertiary alicyclic amines) is 2. The van der Waals surface area contributed by atoms with Crippen LogP contribution in [-0.2, 0) is 9.59 Å². The summed E-state index contributed by atoms with van der Waals surface area (Å²) in [5.41, 5.74) is 1.99. The summed E-state index contributed by atoms with van der Waals surface area (Å²) < 4.78 is 22.3. The van der Waals surface area contributed by atoms with E-state index in [2.05, 4.69) is 12.2 Å². The maximum Gasteiger partial charge on any atom is 0.231 e. The van der Waals surface area contributed by atoms with Gasteiger partial charge in [-0.15, -0.1) is 0 Å². The molecular formula is C32H36N2O6. The van der Waals surface area contributed by atoms with E-state index in [1.807, 2.05) is 46.2 Å². The third kappa shape index (κ3) is 4.57. The largest absolute Gasteiger partial charge is 0.454 e. The molecule has 2 saturated heterocycles. The second-order valence-corrected chi connectivity index (χ2v) is 11.5. The molecule has 2 aromatic carbocycles. The van der Waals surface area contributed by atoms with Crippen molar-refractivity contribution in [1.29, 1.82) is 0 Å². The summed E-state index contributed by atoms with van der Waals surface area (Å²) in [6.07, 6.45) is 10.6. The van der Waals surface area contributed by atoms with Gasteiger partial charge in [0.2, 0.25) is 25.4 Å². The van der Waals surface area contributed by atoms with E-state index < -0.39 is 11.8 Å². The van der Waals surface area contributed by atoms with Crippen molar-refractivity contribution in [2.75, 3.05) is 39.8 Å². The average molecular weight is 545 g/mol. The van der Waals surface area contributed by atoms with Crippen LogP contribution in [0.2, 0.25) is 0 Å². The highest BCUT2D eigenvalue weighted by molar-refractivity contribution is 5.92. The van der Waals surface area contributed by atoms with Gasteiger partial charge in [0.25, 0.3) is 0 Å². The number of piperidine rings is 2. The van der Waals surface area contributed by atoms with Crippen molar-refractivity contribution in [1.82, 2.24) is 9.80 Å². The zero-order chi connectivity index (χ0) is 27.1. The van der Waals surface area contributed by atoms with Gasteiger partial charge in [-0.05, 0) is 79.8 Å². The van der Waals surface area contributed by atoms with Gasteiger partial charge < -0.3 is 28.7 Å². The first kappa shape index (κ1) is 25.3. The number of rotatable bonds is 5. The summed E-state index contributed by atoms with van der Waals surface area (Å²) in [5, 5.41) is 0. The fraction of sp³-hybridized carbons (Fsp3) is 0.500. The van der Waals surface area contributed by atoms with E-state index in [9.17, 15) is 9.59 Å². The Bertz CT molecular complexity index is 1310. The van der Waals surface area contributed by atoms with Crippen LogP contribution < -0.4 is 18.9 Å². The highest BCUT2D eigenvalue weighted by Gasteiger charge is 2.58. The second kappa shape index (κ2) is 10.7. The van der Waals surface area contributed by atoms with E-state index in [1.54, 1.807) is 0 Å². The van der Waals surface area contributed by atoms with Gasteiger partial charge in [0.1, 0.15) is 0 Å². The molecule has 4 aliphatic heterocycles. The minimum Gasteiger partial charge on any atom is -0.454 e. The lowest BCUT2D eigenvalue weighted by molar-refractivity contribution is -0.159. The molecule has 40 heavy (non-hydrogen) atoms. The molecule has 0 N–H and O–H groups in total. The zero-order valence-electron chi connectivity index (χ0n) is 22.8. The lowest BCUT2D eigenvalue weighted by Crippen LogP contribution is -2.59. The molecule has 2 aromatic rings. The standard InChI is InChI=1S/C32H36N2O6/c35-31(33-13-3-1-4-14-33)29-23(10-7-21-8-11-24-26(17-21)39-19-37-24)28(22-9-12-25-27(18-22)40-20-38-25)30(29)32(36)34-15-5-2-6-16-34/h7-12,17-18,23,28-30H,1-6,13-16,19-20H2/b10-7+/t23-,28-,29+,30+/m1/s1. The van der Waals surface area contributed by atoms with Crippen molar-refractivity contribution in [3.05, 3.63) is 53.6 Å². The number of carbonyl (C=O) groups excluding carboxylic acids is 2. The number of allylic oxidation sites excluding steroid dienone is 1. The Balaban J connectivity index is 1.26. The molecule has 0 aromatic heterocycles. The minimum atomic E-state index is -0.403. The van der Waals surface area contributed by atoms with Gasteiger partial charge in [0, 0.05) is 32.1 Å². The molecule has 4 heterocycles. The predicted octanol–water partition coefficient (Wildman–Crippen LogP) is 4.83. The number of nitrogens with zero attached hydrogens (tertiary/aromatic N) is 2. The van der Waals surface area contributed by atoms with Crippen molar-refractivity contribution in [3.8, 4) is 23.0 Å². The van der Waals surface area contributed by atoms with Crippen molar-refractivity contribution >= 4 is 17.9 Å². The van der Waals surface area contributed by atoms with Gasteiger partial charge in [-0.2, -0.15) is 0 Å². The molecular weight excluding hydrogens is 508 g/mol. The van der Waals surface area contributed by atoms with E-state index in [0.29, 0.717) is 5.75 Å². The predicted molar refractivity (Wildman–Crippen MR) is 148 cm³/mol. The van der Waals surface area contributed by atoms with Crippen LogP contribution in [0.5, 0.6) is 23.0 Å². The van der Waals surface area contributed by atoms with Gasteiger partial charge in [-0.3, -0.25) is 9.59 Å². The van der Waals surface area contributed by atoms with Gasteiger partial charge >= 0.3 is 0 Å². The van der Waals surface area contributed by atoms with Crippen LogP contribution in [-0.4, -0.2) is 61.4 Å². The Hall–Kier alpha value is -3.68. The van der Waals surface area contributed by atoms with Crippen LogP contribution >= 0.6 is 0 Å². The molecule has 0 radical (unpaired) electrons. The van der Waals surface area contributed by atoms with Crippen molar-refractivity contribution in [3.63, 3.8) is 0 Å².